The number of hydrogen-bond donors (Lipinski definition) is 4. The number of benzene rings is 1. The van der Waals surface area contributed by atoms with Gasteiger partial charge in [0.25, 0.3) is 0 Å². The molecule has 28 heavy (non-hydrogen) atoms. The lowest BCUT2D eigenvalue weighted by atomic mass is 9.88. The van der Waals surface area contributed by atoms with Crippen LogP contribution in [0.1, 0.15) is 22.4 Å². The van der Waals surface area contributed by atoms with Crippen LogP contribution >= 0.6 is 23.1 Å². The van der Waals surface area contributed by atoms with Gasteiger partial charge in [-0.2, -0.15) is 0 Å². The number of thiophene rings is 1. The first-order chi connectivity index (χ1) is 13.5. The molecule has 0 saturated heterocycles. The van der Waals surface area contributed by atoms with Gasteiger partial charge >= 0.3 is 5.97 Å². The number of hydrogen-bond acceptors (Lipinski definition) is 8. The molecule has 3 aromatic rings. The zero-order chi connectivity index (χ0) is 19.8. The number of nitrogen functional groups attached to an aromatic ring is 1. The zero-order valence-corrected chi connectivity index (χ0v) is 16.8. The summed E-state index contributed by atoms with van der Waals surface area (Å²) in [5.74, 6) is -0.370. The summed E-state index contributed by atoms with van der Waals surface area (Å²) < 4.78 is 0. The Labute approximate surface area is 169 Å². The topological polar surface area (TPSA) is 125 Å². The van der Waals surface area contributed by atoms with Crippen molar-refractivity contribution in [2.75, 3.05) is 17.3 Å². The number of thioether (sulfide) groups is 1. The summed E-state index contributed by atoms with van der Waals surface area (Å²) >= 11 is 3.11. The van der Waals surface area contributed by atoms with Crippen LogP contribution in [-0.2, 0) is 17.6 Å². The van der Waals surface area contributed by atoms with Gasteiger partial charge < -0.3 is 21.6 Å². The molecule has 2 aromatic heterocycles. The van der Waals surface area contributed by atoms with Crippen molar-refractivity contribution in [3.05, 3.63) is 34.5 Å². The number of nitrogens with one attached hydrogen (secondary N) is 2. The number of carbonyl (C=O) groups is 1. The highest BCUT2D eigenvalue weighted by Crippen LogP contribution is 2.41. The molecule has 1 aliphatic carbocycles. The van der Waals surface area contributed by atoms with Crippen LogP contribution in [0.15, 0.2) is 23.4 Å². The largest absolute Gasteiger partial charge is 0.481 e. The Hall–Kier alpha value is -2.65. The average Bonchev–Trinajstić information content (AvgIpc) is 3.07. The van der Waals surface area contributed by atoms with Gasteiger partial charge in [-0.1, -0.05) is 0 Å². The molecule has 1 unspecified atom stereocenters. The molecule has 9 heteroatoms. The number of carboxylic acids is 1. The minimum atomic E-state index is -0.738. The number of anilines is 3. The highest BCUT2D eigenvalue weighted by molar-refractivity contribution is 7.98. The summed E-state index contributed by atoms with van der Waals surface area (Å²) in [6, 6.07) is 3.70. The summed E-state index contributed by atoms with van der Waals surface area (Å²) in [4.78, 5) is 23.2. The van der Waals surface area contributed by atoms with E-state index in [4.69, 9.17) is 11.1 Å². The lowest BCUT2D eigenvalue weighted by Gasteiger charge is -2.19. The van der Waals surface area contributed by atoms with Crippen molar-refractivity contribution in [3.63, 3.8) is 0 Å². The summed E-state index contributed by atoms with van der Waals surface area (Å²) in [6.45, 7) is 0. The van der Waals surface area contributed by atoms with E-state index in [1.54, 1.807) is 23.1 Å². The van der Waals surface area contributed by atoms with E-state index < -0.39 is 5.97 Å². The van der Waals surface area contributed by atoms with E-state index in [2.05, 4.69) is 15.3 Å². The first-order valence-corrected chi connectivity index (χ1v) is 10.8. The van der Waals surface area contributed by atoms with Crippen molar-refractivity contribution in [1.29, 1.82) is 5.41 Å². The normalized spacial score (nSPS) is 16.0. The molecule has 144 valence electrons. The number of nitrogens with two attached hydrogens (primary N) is 1. The lowest BCUT2D eigenvalue weighted by molar-refractivity contribution is -0.142. The van der Waals surface area contributed by atoms with Crippen LogP contribution in [0, 0.1) is 11.3 Å². The molecule has 0 radical (unpaired) electrons. The average molecular weight is 414 g/mol. The van der Waals surface area contributed by atoms with Gasteiger partial charge in [-0.15, -0.1) is 23.1 Å². The summed E-state index contributed by atoms with van der Waals surface area (Å²) in [7, 11) is 0. The Balaban J connectivity index is 1.79. The smallest absolute Gasteiger partial charge is 0.306 e. The minimum absolute atomic E-state index is 0.333. The molecule has 0 amide bonds. The SMILES string of the molecule is CSc1cc(N)c(C=N)cc1Nc1ncnc2sc3c(c12)CCC(C(=O)O)C3. The van der Waals surface area contributed by atoms with E-state index in [0.29, 0.717) is 36.3 Å². The van der Waals surface area contributed by atoms with E-state index in [1.807, 2.05) is 18.4 Å². The minimum Gasteiger partial charge on any atom is -0.481 e. The summed E-state index contributed by atoms with van der Waals surface area (Å²) in [6.07, 6.45) is 6.60. The molecule has 0 aliphatic heterocycles. The highest BCUT2D eigenvalue weighted by atomic mass is 32.2. The summed E-state index contributed by atoms with van der Waals surface area (Å²) in [5.41, 5.74) is 9.19. The van der Waals surface area contributed by atoms with Crippen LogP contribution in [0.3, 0.4) is 0 Å². The predicted molar refractivity (Wildman–Crippen MR) is 114 cm³/mol. The molecule has 4 rings (SSSR count). The van der Waals surface area contributed by atoms with Crippen LogP contribution in [0.25, 0.3) is 10.2 Å². The molecule has 1 aromatic carbocycles. The van der Waals surface area contributed by atoms with E-state index in [0.717, 1.165) is 31.2 Å². The molecule has 5 N–H and O–H groups in total. The van der Waals surface area contributed by atoms with Gasteiger partial charge in [-0.05, 0) is 43.2 Å². The van der Waals surface area contributed by atoms with E-state index in [-0.39, 0.29) is 5.92 Å². The molecule has 1 atom stereocenters. The van der Waals surface area contributed by atoms with Crippen molar-refractivity contribution < 1.29 is 9.90 Å². The maximum Gasteiger partial charge on any atom is 0.306 e. The zero-order valence-electron chi connectivity index (χ0n) is 15.2. The Morgan fingerprint density at radius 2 is 2.29 bits per heavy atom. The third-order valence-corrected chi connectivity index (χ3v) is 6.95. The Morgan fingerprint density at radius 1 is 1.46 bits per heavy atom. The molecule has 0 fully saturated rings. The second kappa shape index (κ2) is 7.40. The van der Waals surface area contributed by atoms with Crippen LogP contribution in [0.4, 0.5) is 17.2 Å². The molecule has 0 saturated carbocycles. The van der Waals surface area contributed by atoms with Crippen molar-refractivity contribution in [2.45, 2.75) is 24.2 Å². The van der Waals surface area contributed by atoms with Crippen LogP contribution in [0.5, 0.6) is 0 Å². The fourth-order valence-electron chi connectivity index (χ4n) is 3.55. The van der Waals surface area contributed by atoms with Gasteiger partial charge in [-0.25, -0.2) is 9.97 Å². The van der Waals surface area contributed by atoms with Gasteiger partial charge in [0, 0.05) is 27.2 Å². The van der Waals surface area contributed by atoms with Crippen molar-refractivity contribution in [2.24, 2.45) is 5.92 Å². The van der Waals surface area contributed by atoms with Gasteiger partial charge in [0.15, 0.2) is 0 Å². The summed E-state index contributed by atoms with van der Waals surface area (Å²) in [5, 5.41) is 21.3. The molecule has 0 spiro atoms. The molecular weight excluding hydrogens is 394 g/mol. The molecule has 2 heterocycles. The number of fused-ring (bicyclic) bond motifs is 3. The molecule has 7 nitrogen and oxygen atoms in total. The van der Waals surface area contributed by atoms with Crippen LogP contribution in [0.2, 0.25) is 0 Å². The van der Waals surface area contributed by atoms with Crippen molar-refractivity contribution >= 4 is 62.7 Å². The van der Waals surface area contributed by atoms with Gasteiger partial charge in [-0.3, -0.25) is 4.79 Å². The van der Waals surface area contributed by atoms with Crippen LogP contribution in [-0.4, -0.2) is 33.5 Å². The van der Waals surface area contributed by atoms with Crippen molar-refractivity contribution in [1.82, 2.24) is 9.97 Å². The fourth-order valence-corrected chi connectivity index (χ4v) is 5.39. The van der Waals surface area contributed by atoms with E-state index >= 15 is 0 Å². The standard InChI is InChI=1S/C19H19N5O2S2/c1-27-15-6-12(21)10(7-20)4-13(15)24-17-16-11-3-2-9(19(25)26)5-14(11)28-18(16)23-8-22-17/h4,6-9,20H,2-3,5,21H2,1H3,(H,25,26)(H,22,23,24). The number of aryl methyl sites for hydroxylation is 1. The third-order valence-electron chi connectivity index (χ3n) is 5.01. The quantitative estimate of drug-likeness (QED) is 0.284. The van der Waals surface area contributed by atoms with Crippen molar-refractivity contribution in [3.8, 4) is 0 Å². The number of rotatable bonds is 5. The van der Waals surface area contributed by atoms with Gasteiger partial charge in [0.2, 0.25) is 0 Å². The predicted octanol–water partition coefficient (Wildman–Crippen LogP) is 3.93. The first-order valence-electron chi connectivity index (χ1n) is 8.74. The van der Waals surface area contributed by atoms with Gasteiger partial charge in [0.1, 0.15) is 17.0 Å². The number of aromatic nitrogens is 2. The fraction of sp³-hybridized carbons (Fsp3) is 0.263. The Bertz CT molecular complexity index is 1100. The first kappa shape index (κ1) is 18.7. The van der Waals surface area contributed by atoms with E-state index in [9.17, 15) is 9.90 Å². The Morgan fingerprint density at radius 3 is 3.00 bits per heavy atom. The second-order valence-electron chi connectivity index (χ2n) is 6.63. The number of carboxylic acid groups (broad SMARTS) is 1. The third kappa shape index (κ3) is 3.20. The van der Waals surface area contributed by atoms with Gasteiger partial charge in [0.05, 0.1) is 17.0 Å². The maximum atomic E-state index is 11.4. The second-order valence-corrected chi connectivity index (χ2v) is 8.57. The lowest BCUT2D eigenvalue weighted by Crippen LogP contribution is -2.21. The maximum absolute atomic E-state index is 11.4. The van der Waals surface area contributed by atoms with Crippen LogP contribution < -0.4 is 11.1 Å². The molecule has 1 aliphatic rings. The number of nitrogens with zero attached hydrogens (tertiary/aromatic N) is 2. The molecular formula is C19H19N5O2S2. The van der Waals surface area contributed by atoms with E-state index in [1.165, 1.54) is 12.5 Å². The highest BCUT2D eigenvalue weighted by Gasteiger charge is 2.29. The number of aliphatic carboxylic acids is 1. The Kier molecular flexibility index (Phi) is 4.94. The monoisotopic (exact) mass is 413 g/mol. The molecule has 0 bridgehead atoms.